The van der Waals surface area contributed by atoms with E-state index in [2.05, 4.69) is 38.1 Å². The summed E-state index contributed by atoms with van der Waals surface area (Å²) in [5.41, 5.74) is 2.42. The Balaban J connectivity index is 2.38. The molecule has 1 aromatic carbocycles. The van der Waals surface area contributed by atoms with Crippen molar-refractivity contribution in [2.45, 2.75) is 45.6 Å². The number of ether oxygens (including phenoxy) is 2. The number of rotatable bonds is 8. The Morgan fingerprint density at radius 3 is 2.68 bits per heavy atom. The van der Waals surface area contributed by atoms with E-state index in [9.17, 15) is 0 Å². The summed E-state index contributed by atoms with van der Waals surface area (Å²) in [6, 6.07) is 6.25. The predicted octanol–water partition coefficient (Wildman–Crippen LogP) is 4.61. The first-order valence-electron chi connectivity index (χ1n) is 7.01. The van der Waals surface area contributed by atoms with Crippen molar-refractivity contribution in [3.8, 4) is 5.75 Å². The maximum atomic E-state index is 5.36. The first-order valence-corrected chi connectivity index (χ1v) is 7.01. The van der Waals surface area contributed by atoms with Gasteiger partial charge in [0.2, 0.25) is 0 Å². The van der Waals surface area contributed by atoms with Crippen molar-refractivity contribution in [2.24, 2.45) is 0 Å². The predicted molar refractivity (Wildman–Crippen MR) is 81.7 cm³/mol. The molecule has 0 aliphatic rings. The Morgan fingerprint density at radius 2 is 2.00 bits per heavy atom. The molecule has 0 amide bonds. The molecule has 0 unspecified atom stereocenters. The smallest absolute Gasteiger partial charge is 0.126 e. The first-order chi connectivity index (χ1) is 9.17. The Morgan fingerprint density at radius 1 is 1.21 bits per heavy atom. The van der Waals surface area contributed by atoms with E-state index in [-0.39, 0.29) is 0 Å². The maximum absolute atomic E-state index is 5.36. The van der Waals surface area contributed by atoms with Crippen molar-refractivity contribution in [1.29, 1.82) is 0 Å². The van der Waals surface area contributed by atoms with E-state index in [1.807, 2.05) is 6.07 Å². The van der Waals surface area contributed by atoms with Crippen LogP contribution in [0, 0.1) is 6.92 Å². The van der Waals surface area contributed by atoms with Crippen LogP contribution >= 0.6 is 0 Å². The molecular weight excluding hydrogens is 236 g/mol. The third-order valence-corrected chi connectivity index (χ3v) is 3.32. The Labute approximate surface area is 117 Å². The summed E-state index contributed by atoms with van der Waals surface area (Å²) in [4.78, 5) is 0. The van der Waals surface area contributed by atoms with Crippen LogP contribution in [-0.4, -0.2) is 20.3 Å². The molecule has 2 heteroatoms. The zero-order chi connectivity index (χ0) is 14.1. The zero-order valence-electron chi connectivity index (χ0n) is 12.6. The van der Waals surface area contributed by atoms with Crippen molar-refractivity contribution >= 4 is 6.08 Å². The van der Waals surface area contributed by atoms with Gasteiger partial charge in [-0.3, -0.25) is 0 Å². The minimum atomic E-state index is 0.376. The highest BCUT2D eigenvalue weighted by atomic mass is 16.5. The van der Waals surface area contributed by atoms with Crippen molar-refractivity contribution < 1.29 is 9.47 Å². The van der Waals surface area contributed by atoms with Crippen LogP contribution in [0.5, 0.6) is 5.75 Å². The average Bonchev–Trinajstić information content (AvgIpc) is 2.42. The van der Waals surface area contributed by atoms with Crippen LogP contribution in [0.25, 0.3) is 6.08 Å². The number of aryl methyl sites for hydroxylation is 1. The summed E-state index contributed by atoms with van der Waals surface area (Å²) in [5.74, 6) is 0.940. The Hall–Kier alpha value is -1.28. The van der Waals surface area contributed by atoms with Gasteiger partial charge in [0.15, 0.2) is 0 Å². The number of benzene rings is 1. The highest BCUT2D eigenvalue weighted by Crippen LogP contribution is 2.21. The number of methoxy groups -OCH3 is 2. The average molecular weight is 262 g/mol. The third-order valence-electron chi connectivity index (χ3n) is 3.32. The minimum Gasteiger partial charge on any atom is -0.496 e. The molecule has 0 saturated heterocycles. The van der Waals surface area contributed by atoms with Crippen molar-refractivity contribution in [3.05, 3.63) is 35.4 Å². The molecular formula is C17H26O2. The van der Waals surface area contributed by atoms with Crippen LogP contribution in [0.15, 0.2) is 24.3 Å². The molecule has 0 bridgehead atoms. The minimum absolute atomic E-state index is 0.376. The maximum Gasteiger partial charge on any atom is 0.126 e. The van der Waals surface area contributed by atoms with E-state index in [1.165, 1.54) is 18.4 Å². The molecule has 0 saturated carbocycles. The van der Waals surface area contributed by atoms with Gasteiger partial charge in [0.05, 0.1) is 13.2 Å². The molecule has 0 aliphatic heterocycles. The van der Waals surface area contributed by atoms with Crippen LogP contribution in [0.2, 0.25) is 0 Å². The summed E-state index contributed by atoms with van der Waals surface area (Å²) in [6.07, 6.45) is 9.43. The molecule has 1 rings (SSSR count). The van der Waals surface area contributed by atoms with Crippen LogP contribution < -0.4 is 4.74 Å². The standard InChI is InChI=1S/C17H26O2/c1-14-11-12-17(19-4)16(13-14)10-8-6-5-7-9-15(2)18-3/h8,10-13,15H,5-7,9H2,1-4H3/b10-8+/t15-/m1/s1. The molecule has 0 aromatic heterocycles. The Bertz CT molecular complexity index is 396. The fourth-order valence-electron chi connectivity index (χ4n) is 2.01. The normalized spacial score (nSPS) is 12.8. The van der Waals surface area contributed by atoms with E-state index in [0.29, 0.717) is 6.10 Å². The molecule has 0 spiro atoms. The molecule has 0 N–H and O–H groups in total. The molecule has 0 fully saturated rings. The van der Waals surface area contributed by atoms with Gasteiger partial charge in [-0.05, 0) is 45.2 Å². The third kappa shape index (κ3) is 5.93. The summed E-state index contributed by atoms with van der Waals surface area (Å²) in [6.45, 7) is 4.22. The van der Waals surface area contributed by atoms with Gasteiger partial charge in [0, 0.05) is 12.7 Å². The molecule has 19 heavy (non-hydrogen) atoms. The van der Waals surface area contributed by atoms with E-state index in [4.69, 9.17) is 9.47 Å². The molecule has 0 radical (unpaired) electrons. The van der Waals surface area contributed by atoms with E-state index >= 15 is 0 Å². The molecule has 0 aliphatic carbocycles. The number of hydrogen-bond donors (Lipinski definition) is 0. The monoisotopic (exact) mass is 262 g/mol. The van der Waals surface area contributed by atoms with Gasteiger partial charge in [-0.1, -0.05) is 30.2 Å². The summed E-state index contributed by atoms with van der Waals surface area (Å²) in [5, 5.41) is 0. The van der Waals surface area contributed by atoms with Crippen molar-refractivity contribution in [1.82, 2.24) is 0 Å². The van der Waals surface area contributed by atoms with Gasteiger partial charge < -0.3 is 9.47 Å². The fourth-order valence-corrected chi connectivity index (χ4v) is 2.01. The lowest BCUT2D eigenvalue weighted by Crippen LogP contribution is -2.03. The molecule has 2 nitrogen and oxygen atoms in total. The van der Waals surface area contributed by atoms with E-state index < -0.39 is 0 Å². The Kier molecular flexibility index (Phi) is 7.27. The topological polar surface area (TPSA) is 18.5 Å². The second-order valence-electron chi connectivity index (χ2n) is 4.98. The second kappa shape index (κ2) is 8.76. The quantitative estimate of drug-likeness (QED) is 0.637. The molecule has 1 aromatic rings. The van der Waals surface area contributed by atoms with Crippen LogP contribution in [0.3, 0.4) is 0 Å². The highest BCUT2D eigenvalue weighted by Gasteiger charge is 1.99. The molecule has 1 atom stereocenters. The van der Waals surface area contributed by atoms with Gasteiger partial charge in [-0.2, -0.15) is 0 Å². The first kappa shape index (κ1) is 15.8. The van der Waals surface area contributed by atoms with Gasteiger partial charge in [-0.25, -0.2) is 0 Å². The van der Waals surface area contributed by atoms with Crippen molar-refractivity contribution in [3.63, 3.8) is 0 Å². The lowest BCUT2D eigenvalue weighted by Gasteiger charge is -2.07. The fraction of sp³-hybridized carbons (Fsp3) is 0.529. The summed E-state index contributed by atoms with van der Waals surface area (Å²) < 4.78 is 10.6. The molecule has 0 heterocycles. The highest BCUT2D eigenvalue weighted by molar-refractivity contribution is 5.58. The SMILES string of the molecule is COc1ccc(C)cc1/C=C/CCCC[C@@H](C)OC. The van der Waals surface area contributed by atoms with Crippen molar-refractivity contribution in [2.75, 3.05) is 14.2 Å². The lowest BCUT2D eigenvalue weighted by atomic mass is 10.1. The van der Waals surface area contributed by atoms with Crippen LogP contribution in [0.4, 0.5) is 0 Å². The van der Waals surface area contributed by atoms with Gasteiger partial charge in [-0.15, -0.1) is 0 Å². The van der Waals surface area contributed by atoms with E-state index in [1.54, 1.807) is 14.2 Å². The van der Waals surface area contributed by atoms with Gasteiger partial charge in [0.1, 0.15) is 5.75 Å². The zero-order valence-corrected chi connectivity index (χ0v) is 12.6. The lowest BCUT2D eigenvalue weighted by molar-refractivity contribution is 0.108. The number of allylic oxidation sites excluding steroid dienone is 1. The van der Waals surface area contributed by atoms with E-state index in [0.717, 1.165) is 24.2 Å². The summed E-state index contributed by atoms with van der Waals surface area (Å²) in [7, 11) is 3.49. The summed E-state index contributed by atoms with van der Waals surface area (Å²) >= 11 is 0. The van der Waals surface area contributed by atoms with Crippen LogP contribution in [-0.2, 0) is 4.74 Å². The van der Waals surface area contributed by atoms with Crippen LogP contribution in [0.1, 0.15) is 43.7 Å². The largest absolute Gasteiger partial charge is 0.496 e. The van der Waals surface area contributed by atoms with Gasteiger partial charge in [0.25, 0.3) is 0 Å². The second-order valence-corrected chi connectivity index (χ2v) is 4.98. The number of hydrogen-bond acceptors (Lipinski definition) is 2. The number of unbranched alkanes of at least 4 members (excludes halogenated alkanes) is 2. The molecule has 106 valence electrons. The van der Waals surface area contributed by atoms with Gasteiger partial charge >= 0.3 is 0 Å².